The van der Waals surface area contributed by atoms with E-state index in [1.807, 2.05) is 24.3 Å². The van der Waals surface area contributed by atoms with Crippen molar-refractivity contribution in [1.29, 1.82) is 0 Å². The van der Waals surface area contributed by atoms with E-state index in [1.54, 1.807) is 6.21 Å². The predicted molar refractivity (Wildman–Crippen MR) is 81.3 cm³/mol. The van der Waals surface area contributed by atoms with Gasteiger partial charge in [-0.3, -0.25) is 4.79 Å². The summed E-state index contributed by atoms with van der Waals surface area (Å²) in [5.74, 6) is 0.371. The molecule has 0 atom stereocenters. The molecule has 1 N–H and O–H groups in total. The summed E-state index contributed by atoms with van der Waals surface area (Å²) in [4.78, 5) is 11.0. The number of nitrogens with zero attached hydrogens (tertiary/aromatic N) is 2. The molecule has 0 aliphatic carbocycles. The highest BCUT2D eigenvalue weighted by Gasteiger charge is 2.16. The van der Waals surface area contributed by atoms with E-state index in [9.17, 15) is 4.79 Å². The standard InChI is InChI=1S/C14H15N3O3S/c18-12-9-21-14(16-12)17-15-8-10-2-4-11(5-3-10)13-19-6-1-7-20-13/h2-5,8,13H,1,6-7,9H2,(H,16,17,18). The minimum Gasteiger partial charge on any atom is -0.348 e. The van der Waals surface area contributed by atoms with Crippen molar-refractivity contribution in [1.82, 2.24) is 5.32 Å². The topological polar surface area (TPSA) is 72.3 Å². The normalized spacial score (nSPS) is 22.1. The molecule has 110 valence electrons. The van der Waals surface area contributed by atoms with Gasteiger partial charge in [0.05, 0.1) is 25.2 Å². The Balaban J connectivity index is 1.60. The largest absolute Gasteiger partial charge is 0.348 e. The van der Waals surface area contributed by atoms with Crippen LogP contribution in [0.1, 0.15) is 23.8 Å². The molecule has 0 unspecified atom stereocenters. The molecule has 2 fully saturated rings. The fraction of sp³-hybridized carbons (Fsp3) is 0.357. The molecule has 0 aromatic heterocycles. The van der Waals surface area contributed by atoms with E-state index in [0.717, 1.165) is 30.8 Å². The number of carbonyl (C=O) groups is 1. The van der Waals surface area contributed by atoms with Gasteiger partial charge >= 0.3 is 0 Å². The molecule has 2 aliphatic rings. The van der Waals surface area contributed by atoms with Crippen LogP contribution in [0.2, 0.25) is 0 Å². The van der Waals surface area contributed by atoms with Crippen molar-refractivity contribution in [2.75, 3.05) is 19.0 Å². The molecule has 2 aliphatic heterocycles. The summed E-state index contributed by atoms with van der Waals surface area (Å²) >= 11 is 1.35. The molecule has 2 heterocycles. The second kappa shape index (κ2) is 6.84. The Morgan fingerprint density at radius 2 is 2.00 bits per heavy atom. The van der Waals surface area contributed by atoms with Crippen molar-refractivity contribution in [3.63, 3.8) is 0 Å². The highest BCUT2D eigenvalue weighted by Crippen LogP contribution is 2.22. The van der Waals surface area contributed by atoms with Crippen LogP contribution in [0, 0.1) is 0 Å². The fourth-order valence-corrected chi connectivity index (χ4v) is 2.58. The van der Waals surface area contributed by atoms with Crippen LogP contribution in [0.4, 0.5) is 0 Å². The number of thioether (sulfide) groups is 1. The minimum atomic E-state index is -0.268. The second-order valence-electron chi connectivity index (χ2n) is 4.58. The molecule has 0 bridgehead atoms. The first kappa shape index (κ1) is 14.2. The molecular weight excluding hydrogens is 290 g/mol. The average Bonchev–Trinajstić information content (AvgIpc) is 2.94. The highest BCUT2D eigenvalue weighted by molar-refractivity contribution is 8.15. The summed E-state index contributed by atoms with van der Waals surface area (Å²) in [5, 5.41) is 11.1. The van der Waals surface area contributed by atoms with Gasteiger partial charge in [-0.05, 0) is 12.0 Å². The van der Waals surface area contributed by atoms with Crippen molar-refractivity contribution >= 4 is 29.1 Å². The number of amidine groups is 1. The van der Waals surface area contributed by atoms with E-state index in [1.165, 1.54) is 11.8 Å². The number of hydrogen-bond acceptors (Lipinski definition) is 6. The quantitative estimate of drug-likeness (QED) is 0.681. The molecule has 0 spiro atoms. The Morgan fingerprint density at radius 1 is 1.24 bits per heavy atom. The third kappa shape index (κ3) is 3.90. The molecule has 1 aromatic rings. The Kier molecular flexibility index (Phi) is 4.64. The summed E-state index contributed by atoms with van der Waals surface area (Å²) < 4.78 is 11.1. The van der Waals surface area contributed by atoms with E-state index >= 15 is 0 Å². The van der Waals surface area contributed by atoms with Crippen LogP contribution in [0.15, 0.2) is 34.5 Å². The summed E-state index contributed by atoms with van der Waals surface area (Å²) in [7, 11) is 0. The second-order valence-corrected chi connectivity index (χ2v) is 5.54. The van der Waals surface area contributed by atoms with Gasteiger partial charge < -0.3 is 14.8 Å². The lowest BCUT2D eigenvalue weighted by Gasteiger charge is -2.23. The Hall–Kier alpha value is -1.70. The van der Waals surface area contributed by atoms with E-state index in [-0.39, 0.29) is 12.2 Å². The number of carbonyl (C=O) groups excluding carboxylic acids is 1. The number of ether oxygens (including phenoxy) is 2. The number of hydrogen-bond donors (Lipinski definition) is 1. The summed E-state index contributed by atoms with van der Waals surface area (Å²) in [5.41, 5.74) is 1.92. The first-order chi connectivity index (χ1) is 10.3. The SMILES string of the molecule is O=C1CSC(=NN=Cc2ccc(C3OCCCO3)cc2)N1. The molecule has 7 heteroatoms. The number of amides is 1. The summed E-state index contributed by atoms with van der Waals surface area (Å²) in [6, 6.07) is 7.77. The first-order valence-electron chi connectivity index (χ1n) is 6.68. The van der Waals surface area contributed by atoms with E-state index in [4.69, 9.17) is 9.47 Å². The number of benzene rings is 1. The van der Waals surface area contributed by atoms with Gasteiger partial charge in [-0.15, -0.1) is 5.10 Å². The third-order valence-electron chi connectivity index (χ3n) is 2.98. The Morgan fingerprint density at radius 3 is 2.67 bits per heavy atom. The molecule has 0 saturated carbocycles. The van der Waals surface area contributed by atoms with E-state index < -0.39 is 0 Å². The molecule has 0 radical (unpaired) electrons. The van der Waals surface area contributed by atoms with Crippen molar-refractivity contribution in [2.45, 2.75) is 12.7 Å². The van der Waals surface area contributed by atoms with Crippen LogP contribution in [-0.2, 0) is 14.3 Å². The Bertz CT molecular complexity index is 565. The van der Waals surface area contributed by atoms with Crippen LogP contribution in [0.5, 0.6) is 0 Å². The van der Waals surface area contributed by atoms with Gasteiger partial charge in [-0.2, -0.15) is 5.10 Å². The molecular formula is C14H15N3O3S. The first-order valence-corrected chi connectivity index (χ1v) is 7.67. The molecule has 21 heavy (non-hydrogen) atoms. The zero-order valence-corrected chi connectivity index (χ0v) is 12.1. The van der Waals surface area contributed by atoms with Crippen molar-refractivity contribution in [2.24, 2.45) is 10.2 Å². The maximum atomic E-state index is 11.0. The van der Waals surface area contributed by atoms with Crippen molar-refractivity contribution in [3.05, 3.63) is 35.4 Å². The molecule has 6 nitrogen and oxygen atoms in total. The van der Waals surface area contributed by atoms with Gasteiger partial charge in [0, 0.05) is 5.56 Å². The monoisotopic (exact) mass is 305 g/mol. The van der Waals surface area contributed by atoms with Crippen molar-refractivity contribution in [3.8, 4) is 0 Å². The fourth-order valence-electron chi connectivity index (χ4n) is 1.95. The van der Waals surface area contributed by atoms with Gasteiger partial charge in [-0.1, -0.05) is 36.0 Å². The van der Waals surface area contributed by atoms with Gasteiger partial charge in [0.15, 0.2) is 11.5 Å². The van der Waals surface area contributed by atoms with Crippen LogP contribution in [-0.4, -0.2) is 36.3 Å². The zero-order chi connectivity index (χ0) is 14.5. The number of nitrogens with one attached hydrogen (secondary N) is 1. The maximum absolute atomic E-state index is 11.0. The lowest BCUT2D eigenvalue weighted by molar-refractivity contribution is -0.183. The van der Waals surface area contributed by atoms with Crippen LogP contribution in [0.25, 0.3) is 0 Å². The van der Waals surface area contributed by atoms with E-state index in [0.29, 0.717) is 10.9 Å². The lowest BCUT2D eigenvalue weighted by Crippen LogP contribution is -2.19. The van der Waals surface area contributed by atoms with Crippen molar-refractivity contribution < 1.29 is 14.3 Å². The zero-order valence-electron chi connectivity index (χ0n) is 11.3. The molecule has 1 aromatic carbocycles. The summed E-state index contributed by atoms with van der Waals surface area (Å²) in [6.07, 6.45) is 2.32. The minimum absolute atomic E-state index is 0.0363. The van der Waals surface area contributed by atoms with Gasteiger partial charge in [0.25, 0.3) is 0 Å². The van der Waals surface area contributed by atoms with E-state index in [2.05, 4.69) is 15.5 Å². The lowest BCUT2D eigenvalue weighted by atomic mass is 10.1. The molecule has 3 rings (SSSR count). The molecule has 1 amide bonds. The predicted octanol–water partition coefficient (Wildman–Crippen LogP) is 1.68. The Labute approximate surface area is 126 Å². The van der Waals surface area contributed by atoms with Crippen LogP contribution >= 0.6 is 11.8 Å². The smallest absolute Gasteiger partial charge is 0.236 e. The van der Waals surface area contributed by atoms with Crippen LogP contribution in [0.3, 0.4) is 0 Å². The van der Waals surface area contributed by atoms with Gasteiger partial charge in [0.2, 0.25) is 5.91 Å². The maximum Gasteiger partial charge on any atom is 0.236 e. The van der Waals surface area contributed by atoms with Gasteiger partial charge in [-0.25, -0.2) is 0 Å². The van der Waals surface area contributed by atoms with Gasteiger partial charge in [0.1, 0.15) is 0 Å². The third-order valence-corrected chi connectivity index (χ3v) is 3.84. The molecule has 2 saturated heterocycles. The number of rotatable bonds is 3. The summed E-state index contributed by atoms with van der Waals surface area (Å²) in [6.45, 7) is 1.46. The van der Waals surface area contributed by atoms with Crippen LogP contribution < -0.4 is 5.32 Å². The average molecular weight is 305 g/mol. The highest BCUT2D eigenvalue weighted by atomic mass is 32.2.